The average molecular weight is 516 g/mol. The largest absolute Gasteiger partial charge is 0.476 e. The molecule has 0 spiro atoms. The summed E-state index contributed by atoms with van der Waals surface area (Å²) in [6, 6.07) is 5.79. The molecule has 0 N–H and O–H groups in total. The summed E-state index contributed by atoms with van der Waals surface area (Å²) in [5.74, 6) is 0.234. The van der Waals surface area contributed by atoms with Gasteiger partial charge in [-0.05, 0) is 84.9 Å². The maximum absolute atomic E-state index is 13.9. The van der Waals surface area contributed by atoms with Gasteiger partial charge in [0.1, 0.15) is 11.4 Å². The van der Waals surface area contributed by atoms with Crippen molar-refractivity contribution in [3.8, 4) is 5.75 Å². The van der Waals surface area contributed by atoms with Crippen molar-refractivity contribution >= 4 is 29.3 Å². The van der Waals surface area contributed by atoms with Gasteiger partial charge in [0.25, 0.3) is 5.91 Å². The Labute approximate surface area is 220 Å². The highest BCUT2D eigenvalue weighted by Gasteiger charge is 2.43. The van der Waals surface area contributed by atoms with E-state index in [0.29, 0.717) is 44.1 Å². The van der Waals surface area contributed by atoms with E-state index in [-0.39, 0.29) is 29.9 Å². The van der Waals surface area contributed by atoms with Crippen LogP contribution in [0, 0.1) is 5.92 Å². The van der Waals surface area contributed by atoms with Gasteiger partial charge in [0.05, 0.1) is 11.6 Å². The second-order valence-corrected chi connectivity index (χ2v) is 11.8. The Morgan fingerprint density at radius 1 is 1.19 bits per heavy atom. The molecule has 1 atom stereocenters. The Morgan fingerprint density at radius 3 is 2.57 bits per heavy atom. The molecule has 1 saturated heterocycles. The van der Waals surface area contributed by atoms with Crippen molar-refractivity contribution in [1.29, 1.82) is 0 Å². The molecule has 0 bridgehead atoms. The van der Waals surface area contributed by atoms with Crippen molar-refractivity contribution in [3.63, 3.8) is 0 Å². The third kappa shape index (κ3) is 6.20. The van der Waals surface area contributed by atoms with E-state index in [2.05, 4.69) is 0 Å². The Bertz CT molecular complexity index is 1030. The first-order valence-electron chi connectivity index (χ1n) is 13.4. The number of piperidine rings is 1. The summed E-state index contributed by atoms with van der Waals surface area (Å²) in [6.45, 7) is 11.1. The number of amides is 3. The Morgan fingerprint density at radius 2 is 1.92 bits per heavy atom. The molecule has 2 fully saturated rings. The van der Waals surface area contributed by atoms with Gasteiger partial charge in [-0.25, -0.2) is 4.79 Å². The molecule has 9 nitrogen and oxygen atoms in total. The topological polar surface area (TPSA) is 88.6 Å². The van der Waals surface area contributed by atoms with Gasteiger partial charge in [-0.1, -0.05) is 0 Å². The van der Waals surface area contributed by atoms with Gasteiger partial charge >= 0.3 is 6.09 Å². The van der Waals surface area contributed by atoms with E-state index in [4.69, 9.17) is 14.2 Å². The quantitative estimate of drug-likeness (QED) is 0.501. The minimum absolute atomic E-state index is 0.0185. The zero-order valence-electron chi connectivity index (χ0n) is 23.0. The number of benzene rings is 1. The van der Waals surface area contributed by atoms with Crippen molar-refractivity contribution in [2.24, 2.45) is 5.92 Å². The van der Waals surface area contributed by atoms with Crippen LogP contribution in [-0.2, 0) is 19.1 Å². The van der Waals surface area contributed by atoms with Crippen molar-refractivity contribution in [2.75, 3.05) is 43.2 Å². The van der Waals surface area contributed by atoms with Crippen LogP contribution in [0.5, 0.6) is 5.75 Å². The fraction of sp³-hybridized carbons (Fsp3) is 0.679. The Balaban J connectivity index is 1.58. The standard InChI is InChI=1S/C28H41N3O6/c1-27(2,3)37-26(34)29-14-7-9-19(18-29)24(32)31(20-10-11-20)21-12-13-23-22(17-21)30(15-8-16-35-6)25(33)28(4,5)36-23/h12-13,17,19-20H,7-11,14-16,18H2,1-6H3/t19-/m1/s1. The number of likely N-dealkylation sites (tertiary alicyclic amines) is 1. The molecular formula is C28H41N3O6. The van der Waals surface area contributed by atoms with Crippen LogP contribution in [0.4, 0.5) is 16.2 Å². The molecule has 204 valence electrons. The Kier molecular flexibility index (Phi) is 7.74. The van der Waals surface area contributed by atoms with Crippen molar-refractivity contribution in [2.45, 2.75) is 84.0 Å². The van der Waals surface area contributed by atoms with E-state index in [1.807, 2.05) is 43.9 Å². The van der Waals surface area contributed by atoms with E-state index in [1.165, 1.54) is 0 Å². The fourth-order valence-electron chi connectivity index (χ4n) is 5.01. The maximum Gasteiger partial charge on any atom is 0.410 e. The molecule has 3 aliphatic rings. The van der Waals surface area contributed by atoms with Crippen LogP contribution in [-0.4, -0.2) is 73.4 Å². The smallest absolute Gasteiger partial charge is 0.410 e. The number of methoxy groups -OCH3 is 1. The summed E-state index contributed by atoms with van der Waals surface area (Å²) in [4.78, 5) is 45.1. The predicted octanol–water partition coefficient (Wildman–Crippen LogP) is 4.37. The third-order valence-corrected chi connectivity index (χ3v) is 6.94. The zero-order valence-corrected chi connectivity index (χ0v) is 23.0. The highest BCUT2D eigenvalue weighted by Crippen LogP contribution is 2.43. The molecule has 0 aromatic heterocycles. The number of hydrogen-bond acceptors (Lipinski definition) is 6. The lowest BCUT2D eigenvalue weighted by Crippen LogP contribution is -2.53. The number of ether oxygens (including phenoxy) is 3. The van der Waals surface area contributed by atoms with Crippen LogP contribution in [0.2, 0.25) is 0 Å². The lowest BCUT2D eigenvalue weighted by atomic mass is 9.96. The van der Waals surface area contributed by atoms with Crippen molar-refractivity contribution in [1.82, 2.24) is 4.90 Å². The normalized spacial score (nSPS) is 21.2. The number of fused-ring (bicyclic) bond motifs is 1. The van der Waals surface area contributed by atoms with Crippen LogP contribution < -0.4 is 14.5 Å². The number of carbonyl (C=O) groups is 3. The van der Waals surface area contributed by atoms with Gasteiger partial charge in [-0.3, -0.25) is 9.59 Å². The van der Waals surface area contributed by atoms with Gasteiger partial charge in [-0.2, -0.15) is 0 Å². The van der Waals surface area contributed by atoms with Crippen LogP contribution >= 0.6 is 0 Å². The number of nitrogens with zero attached hydrogens (tertiary/aromatic N) is 3. The molecule has 1 saturated carbocycles. The van der Waals surface area contributed by atoms with Crippen molar-refractivity contribution < 1.29 is 28.6 Å². The summed E-state index contributed by atoms with van der Waals surface area (Å²) in [7, 11) is 1.64. The molecule has 0 radical (unpaired) electrons. The highest BCUT2D eigenvalue weighted by atomic mass is 16.6. The summed E-state index contributed by atoms with van der Waals surface area (Å²) in [5, 5.41) is 0. The van der Waals surface area contributed by atoms with E-state index >= 15 is 0 Å². The third-order valence-electron chi connectivity index (χ3n) is 6.94. The predicted molar refractivity (Wildman–Crippen MR) is 141 cm³/mol. The molecule has 0 unspecified atom stereocenters. The second-order valence-electron chi connectivity index (χ2n) is 11.8. The van der Waals surface area contributed by atoms with Gasteiger partial charge in [-0.15, -0.1) is 0 Å². The monoisotopic (exact) mass is 515 g/mol. The summed E-state index contributed by atoms with van der Waals surface area (Å²) in [5.41, 5.74) is -0.120. The zero-order chi connectivity index (χ0) is 27.0. The van der Waals surface area contributed by atoms with E-state index in [1.54, 1.807) is 30.8 Å². The van der Waals surface area contributed by atoms with Crippen LogP contribution in [0.15, 0.2) is 18.2 Å². The van der Waals surface area contributed by atoms with Crippen LogP contribution in [0.25, 0.3) is 0 Å². The first-order valence-corrected chi connectivity index (χ1v) is 13.4. The molecule has 4 rings (SSSR count). The van der Waals surface area contributed by atoms with Crippen molar-refractivity contribution in [3.05, 3.63) is 18.2 Å². The molecule has 37 heavy (non-hydrogen) atoms. The molecule has 1 aromatic carbocycles. The maximum atomic E-state index is 13.9. The van der Waals surface area contributed by atoms with E-state index < -0.39 is 11.2 Å². The average Bonchev–Trinajstić information content (AvgIpc) is 3.66. The molecule has 1 aromatic rings. The first kappa shape index (κ1) is 27.2. The van der Waals surface area contributed by atoms with Gasteiger partial charge in [0, 0.05) is 45.1 Å². The number of anilines is 2. The van der Waals surface area contributed by atoms with Gasteiger partial charge in [0.15, 0.2) is 5.60 Å². The molecule has 1 aliphatic carbocycles. The van der Waals surface area contributed by atoms with Gasteiger partial charge in [0.2, 0.25) is 5.91 Å². The highest BCUT2D eigenvalue weighted by molar-refractivity contribution is 6.04. The summed E-state index contributed by atoms with van der Waals surface area (Å²) in [6.07, 6.45) is 3.67. The van der Waals surface area contributed by atoms with Gasteiger partial charge < -0.3 is 28.9 Å². The van der Waals surface area contributed by atoms with E-state index in [0.717, 1.165) is 31.4 Å². The lowest BCUT2D eigenvalue weighted by molar-refractivity contribution is -0.132. The SMILES string of the molecule is COCCCN1C(=O)C(C)(C)Oc2ccc(N(C(=O)[C@@H]3CCCN(C(=O)OC(C)(C)C)C3)C3CC3)cc21. The van der Waals surface area contributed by atoms with E-state index in [9.17, 15) is 14.4 Å². The minimum Gasteiger partial charge on any atom is -0.476 e. The second kappa shape index (κ2) is 10.5. The summed E-state index contributed by atoms with van der Waals surface area (Å²) < 4.78 is 16.8. The van der Waals surface area contributed by atoms with Crippen LogP contribution in [0.1, 0.15) is 66.7 Å². The Hall–Kier alpha value is -2.81. The number of rotatable bonds is 7. The molecule has 3 amide bonds. The molecular weight excluding hydrogens is 474 g/mol. The lowest BCUT2D eigenvalue weighted by Gasteiger charge is -2.40. The van der Waals surface area contributed by atoms with Crippen LogP contribution in [0.3, 0.4) is 0 Å². The molecule has 9 heteroatoms. The summed E-state index contributed by atoms with van der Waals surface area (Å²) >= 11 is 0. The number of hydrogen-bond donors (Lipinski definition) is 0. The fourth-order valence-corrected chi connectivity index (χ4v) is 5.01. The number of carbonyl (C=O) groups excluding carboxylic acids is 3. The first-order chi connectivity index (χ1) is 17.4. The molecule has 2 aliphatic heterocycles. The minimum atomic E-state index is -0.971. The molecule has 2 heterocycles.